The molecule has 0 radical (unpaired) electrons. The van der Waals surface area contributed by atoms with E-state index in [4.69, 9.17) is 0 Å². The fourth-order valence-corrected chi connectivity index (χ4v) is 1.59. The van der Waals surface area contributed by atoms with Crippen molar-refractivity contribution >= 4 is 11.4 Å². The van der Waals surface area contributed by atoms with Crippen molar-refractivity contribution in [2.75, 3.05) is 17.2 Å². The van der Waals surface area contributed by atoms with Crippen molar-refractivity contribution in [3.63, 3.8) is 0 Å². The lowest BCUT2D eigenvalue weighted by atomic mass is 10.3. The van der Waals surface area contributed by atoms with E-state index in [2.05, 4.69) is 27.5 Å². The maximum absolute atomic E-state index is 4.25. The van der Waals surface area contributed by atoms with E-state index in [1.165, 1.54) is 0 Å². The van der Waals surface area contributed by atoms with Crippen LogP contribution in [0.3, 0.4) is 0 Å². The number of hydrogen-bond donors (Lipinski definition) is 2. The number of anilines is 2. The maximum atomic E-state index is 4.25. The van der Waals surface area contributed by atoms with E-state index < -0.39 is 0 Å². The van der Waals surface area contributed by atoms with Crippen molar-refractivity contribution in [2.45, 2.75) is 13.5 Å². The van der Waals surface area contributed by atoms with Gasteiger partial charge in [0, 0.05) is 26.0 Å². The van der Waals surface area contributed by atoms with Crippen LogP contribution in [0.5, 0.6) is 0 Å². The summed E-state index contributed by atoms with van der Waals surface area (Å²) in [6.07, 6.45) is 7.36. The van der Waals surface area contributed by atoms with Crippen molar-refractivity contribution in [3.8, 4) is 0 Å². The van der Waals surface area contributed by atoms with Gasteiger partial charge in [-0.25, -0.2) is 4.98 Å². The zero-order chi connectivity index (χ0) is 12.1. The Bertz CT molecular complexity index is 477. The zero-order valence-corrected chi connectivity index (χ0v) is 10.1. The molecule has 0 aliphatic rings. The molecular weight excluding hydrogens is 214 g/mol. The van der Waals surface area contributed by atoms with Crippen LogP contribution in [-0.2, 0) is 13.6 Å². The van der Waals surface area contributed by atoms with Crippen LogP contribution in [0.1, 0.15) is 12.7 Å². The van der Waals surface area contributed by atoms with Crippen LogP contribution in [0, 0.1) is 0 Å². The SMILES string of the molecule is CCNc1cncc(NCc2nccn2C)c1. The Balaban J connectivity index is 1.99. The standard InChI is InChI=1S/C12H17N5/c1-3-14-10-6-11(8-13-7-10)16-9-12-15-4-5-17(12)2/h4-8,14,16H,3,9H2,1-2H3. The van der Waals surface area contributed by atoms with Gasteiger partial charge < -0.3 is 15.2 Å². The molecule has 2 heterocycles. The first-order chi connectivity index (χ1) is 8.29. The van der Waals surface area contributed by atoms with Gasteiger partial charge in [-0.3, -0.25) is 4.98 Å². The van der Waals surface area contributed by atoms with E-state index in [0.29, 0.717) is 6.54 Å². The molecule has 2 aromatic heterocycles. The molecule has 0 unspecified atom stereocenters. The predicted octanol–water partition coefficient (Wildman–Crippen LogP) is 1.86. The van der Waals surface area contributed by atoms with Crippen molar-refractivity contribution in [3.05, 3.63) is 36.7 Å². The van der Waals surface area contributed by atoms with E-state index in [1.807, 2.05) is 36.3 Å². The van der Waals surface area contributed by atoms with Gasteiger partial charge in [0.1, 0.15) is 5.82 Å². The minimum absolute atomic E-state index is 0.695. The minimum Gasteiger partial charge on any atom is -0.384 e. The van der Waals surface area contributed by atoms with Crippen LogP contribution >= 0.6 is 0 Å². The summed E-state index contributed by atoms with van der Waals surface area (Å²) in [5.74, 6) is 0.999. The summed E-state index contributed by atoms with van der Waals surface area (Å²) in [6.45, 7) is 3.65. The highest BCUT2D eigenvalue weighted by atomic mass is 15.1. The third kappa shape index (κ3) is 2.96. The number of rotatable bonds is 5. The number of hydrogen-bond acceptors (Lipinski definition) is 4. The molecule has 0 aliphatic heterocycles. The fraction of sp³-hybridized carbons (Fsp3) is 0.333. The molecule has 0 spiro atoms. The largest absolute Gasteiger partial charge is 0.384 e. The van der Waals surface area contributed by atoms with E-state index in [-0.39, 0.29) is 0 Å². The monoisotopic (exact) mass is 231 g/mol. The summed E-state index contributed by atoms with van der Waals surface area (Å²) in [5.41, 5.74) is 2.02. The normalized spacial score (nSPS) is 10.2. The molecule has 90 valence electrons. The number of aromatic nitrogens is 3. The van der Waals surface area contributed by atoms with Gasteiger partial charge in [-0.2, -0.15) is 0 Å². The molecule has 5 nitrogen and oxygen atoms in total. The molecule has 0 bridgehead atoms. The van der Waals surface area contributed by atoms with Gasteiger partial charge in [-0.05, 0) is 13.0 Å². The van der Waals surface area contributed by atoms with Crippen LogP contribution in [0.2, 0.25) is 0 Å². The minimum atomic E-state index is 0.695. The smallest absolute Gasteiger partial charge is 0.127 e. The molecule has 0 saturated heterocycles. The molecule has 5 heteroatoms. The highest BCUT2D eigenvalue weighted by Gasteiger charge is 2.00. The molecule has 0 saturated carbocycles. The first-order valence-corrected chi connectivity index (χ1v) is 5.68. The number of nitrogens with zero attached hydrogens (tertiary/aromatic N) is 3. The zero-order valence-electron chi connectivity index (χ0n) is 10.1. The molecule has 0 fully saturated rings. The van der Waals surface area contributed by atoms with Crippen LogP contribution in [-0.4, -0.2) is 21.1 Å². The Morgan fingerprint density at radius 2 is 2.00 bits per heavy atom. The number of nitrogens with one attached hydrogen (secondary N) is 2. The Morgan fingerprint density at radius 1 is 1.24 bits per heavy atom. The lowest BCUT2D eigenvalue weighted by Crippen LogP contribution is -2.06. The van der Waals surface area contributed by atoms with E-state index in [9.17, 15) is 0 Å². The topological polar surface area (TPSA) is 54.8 Å². The van der Waals surface area contributed by atoms with Gasteiger partial charge in [-0.1, -0.05) is 0 Å². The lowest BCUT2D eigenvalue weighted by Gasteiger charge is -2.08. The first kappa shape index (κ1) is 11.4. The van der Waals surface area contributed by atoms with Crippen LogP contribution in [0.4, 0.5) is 11.4 Å². The van der Waals surface area contributed by atoms with Crippen molar-refractivity contribution in [1.82, 2.24) is 14.5 Å². The lowest BCUT2D eigenvalue weighted by molar-refractivity contribution is 0.812. The summed E-state index contributed by atoms with van der Waals surface area (Å²) in [6, 6.07) is 2.04. The molecular formula is C12H17N5. The van der Waals surface area contributed by atoms with E-state index in [1.54, 1.807) is 6.20 Å². The van der Waals surface area contributed by atoms with Crippen molar-refractivity contribution < 1.29 is 0 Å². The molecule has 0 aromatic carbocycles. The molecule has 2 N–H and O–H groups in total. The molecule has 2 aromatic rings. The molecule has 0 atom stereocenters. The van der Waals surface area contributed by atoms with Crippen LogP contribution in [0.15, 0.2) is 30.9 Å². The van der Waals surface area contributed by atoms with E-state index >= 15 is 0 Å². The molecule has 2 rings (SSSR count). The number of aryl methyl sites for hydroxylation is 1. The number of imidazole rings is 1. The Kier molecular flexibility index (Phi) is 3.59. The van der Waals surface area contributed by atoms with E-state index in [0.717, 1.165) is 23.7 Å². The third-order valence-corrected chi connectivity index (χ3v) is 2.49. The second-order valence-corrected chi connectivity index (χ2v) is 3.80. The summed E-state index contributed by atoms with van der Waals surface area (Å²) in [4.78, 5) is 8.43. The van der Waals surface area contributed by atoms with Crippen LogP contribution < -0.4 is 10.6 Å². The second-order valence-electron chi connectivity index (χ2n) is 3.80. The highest BCUT2D eigenvalue weighted by molar-refractivity contribution is 5.53. The first-order valence-electron chi connectivity index (χ1n) is 5.68. The van der Waals surface area contributed by atoms with Gasteiger partial charge in [0.2, 0.25) is 0 Å². The summed E-state index contributed by atoms with van der Waals surface area (Å²) in [7, 11) is 1.98. The average Bonchev–Trinajstić information content (AvgIpc) is 2.73. The molecule has 0 aliphatic carbocycles. The summed E-state index contributed by atoms with van der Waals surface area (Å²) >= 11 is 0. The van der Waals surface area contributed by atoms with Crippen molar-refractivity contribution in [1.29, 1.82) is 0 Å². The third-order valence-electron chi connectivity index (χ3n) is 2.49. The summed E-state index contributed by atoms with van der Waals surface area (Å²) < 4.78 is 1.99. The van der Waals surface area contributed by atoms with Gasteiger partial charge in [-0.15, -0.1) is 0 Å². The van der Waals surface area contributed by atoms with Gasteiger partial charge in [0.25, 0.3) is 0 Å². The Morgan fingerprint density at radius 3 is 2.65 bits per heavy atom. The summed E-state index contributed by atoms with van der Waals surface area (Å²) in [5, 5.41) is 6.53. The molecule has 17 heavy (non-hydrogen) atoms. The van der Waals surface area contributed by atoms with Gasteiger partial charge in [0.15, 0.2) is 0 Å². The maximum Gasteiger partial charge on any atom is 0.127 e. The average molecular weight is 231 g/mol. The molecule has 0 amide bonds. The predicted molar refractivity (Wildman–Crippen MR) is 68.9 cm³/mol. The van der Waals surface area contributed by atoms with Crippen LogP contribution in [0.25, 0.3) is 0 Å². The second kappa shape index (κ2) is 5.34. The van der Waals surface area contributed by atoms with Crippen molar-refractivity contribution in [2.24, 2.45) is 7.05 Å². The Hall–Kier alpha value is -2.04. The fourth-order valence-electron chi connectivity index (χ4n) is 1.59. The van der Waals surface area contributed by atoms with Gasteiger partial charge >= 0.3 is 0 Å². The highest BCUT2D eigenvalue weighted by Crippen LogP contribution is 2.13. The number of pyridine rings is 1. The van der Waals surface area contributed by atoms with Gasteiger partial charge in [0.05, 0.1) is 30.3 Å². The quantitative estimate of drug-likeness (QED) is 0.824. The Labute approximate surface area is 101 Å².